The van der Waals surface area contributed by atoms with Crippen LogP contribution in [0.1, 0.15) is 52.9 Å². The van der Waals surface area contributed by atoms with Gasteiger partial charge in [0, 0.05) is 6.61 Å². The summed E-state index contributed by atoms with van der Waals surface area (Å²) in [5.41, 5.74) is 0. The topological polar surface area (TPSA) is 40.5 Å². The highest BCUT2D eigenvalue weighted by atomic mass is 16.3. The van der Waals surface area contributed by atoms with E-state index in [4.69, 9.17) is 5.11 Å². The second kappa shape index (κ2) is 8.25. The molecule has 0 aliphatic heterocycles. The molecule has 2 unspecified atom stereocenters. The van der Waals surface area contributed by atoms with Crippen LogP contribution in [0.3, 0.4) is 0 Å². The number of aliphatic hydroxyl groups excluding tert-OH is 2. The van der Waals surface area contributed by atoms with Gasteiger partial charge in [-0.25, -0.2) is 0 Å². The molecule has 86 valence electrons. The maximum Gasteiger partial charge on any atom is 0.0546 e. The Balaban J connectivity index is 3.77. The molecule has 14 heavy (non-hydrogen) atoms. The lowest BCUT2D eigenvalue weighted by Crippen LogP contribution is -2.19. The van der Waals surface area contributed by atoms with Gasteiger partial charge in [-0.15, -0.1) is 0 Å². The van der Waals surface area contributed by atoms with E-state index in [1.165, 1.54) is 0 Å². The molecule has 0 amide bonds. The SMILES string of the molecule is CCC(CC)CC(O)CC(CC)CO. The summed E-state index contributed by atoms with van der Waals surface area (Å²) in [6, 6.07) is 0. The average Bonchev–Trinajstić information content (AvgIpc) is 2.22. The Bertz CT molecular complexity index is 103. The molecule has 2 N–H and O–H groups in total. The van der Waals surface area contributed by atoms with Crippen molar-refractivity contribution in [2.75, 3.05) is 6.61 Å². The third-order valence-electron chi connectivity index (χ3n) is 3.20. The van der Waals surface area contributed by atoms with E-state index in [1.807, 2.05) is 0 Å². The number of hydrogen-bond donors (Lipinski definition) is 2. The fourth-order valence-corrected chi connectivity index (χ4v) is 1.86. The van der Waals surface area contributed by atoms with Gasteiger partial charge in [-0.3, -0.25) is 0 Å². The lowest BCUT2D eigenvalue weighted by molar-refractivity contribution is 0.0916. The van der Waals surface area contributed by atoms with Crippen LogP contribution in [0.25, 0.3) is 0 Å². The minimum Gasteiger partial charge on any atom is -0.396 e. The zero-order valence-electron chi connectivity index (χ0n) is 9.87. The van der Waals surface area contributed by atoms with Crippen LogP contribution in [0.4, 0.5) is 0 Å². The molecule has 0 aromatic heterocycles. The smallest absolute Gasteiger partial charge is 0.0546 e. The van der Waals surface area contributed by atoms with E-state index in [9.17, 15) is 5.11 Å². The lowest BCUT2D eigenvalue weighted by atomic mass is 9.90. The molecule has 0 saturated heterocycles. The Morgan fingerprint density at radius 2 is 1.29 bits per heavy atom. The van der Waals surface area contributed by atoms with Crippen molar-refractivity contribution in [2.24, 2.45) is 11.8 Å². The molecule has 2 nitrogen and oxygen atoms in total. The Morgan fingerprint density at radius 1 is 0.857 bits per heavy atom. The zero-order chi connectivity index (χ0) is 11.0. The van der Waals surface area contributed by atoms with Crippen LogP contribution in [0, 0.1) is 11.8 Å². The summed E-state index contributed by atoms with van der Waals surface area (Å²) in [7, 11) is 0. The molecule has 0 rings (SSSR count). The van der Waals surface area contributed by atoms with Crippen LogP contribution in [0.15, 0.2) is 0 Å². The summed E-state index contributed by atoms with van der Waals surface area (Å²) in [4.78, 5) is 0. The van der Waals surface area contributed by atoms with Crippen molar-refractivity contribution in [3.8, 4) is 0 Å². The molecule has 0 aliphatic rings. The Labute approximate surface area is 88.3 Å². The highest BCUT2D eigenvalue weighted by molar-refractivity contribution is 4.67. The number of aliphatic hydroxyl groups is 2. The van der Waals surface area contributed by atoms with Crippen molar-refractivity contribution in [2.45, 2.75) is 59.0 Å². The lowest BCUT2D eigenvalue weighted by Gasteiger charge is -2.20. The highest BCUT2D eigenvalue weighted by Crippen LogP contribution is 2.20. The second-order valence-electron chi connectivity index (χ2n) is 4.26. The first-order valence-electron chi connectivity index (χ1n) is 5.96. The molecule has 0 bridgehead atoms. The maximum atomic E-state index is 9.80. The Kier molecular flexibility index (Phi) is 8.20. The molecule has 0 fully saturated rings. The first-order valence-corrected chi connectivity index (χ1v) is 5.96. The van der Waals surface area contributed by atoms with Crippen LogP contribution in [0.5, 0.6) is 0 Å². The van der Waals surface area contributed by atoms with E-state index in [0.717, 1.165) is 32.1 Å². The summed E-state index contributed by atoms with van der Waals surface area (Å²) in [6.07, 6.45) is 4.66. The van der Waals surface area contributed by atoms with Gasteiger partial charge in [0.2, 0.25) is 0 Å². The monoisotopic (exact) mass is 202 g/mol. The van der Waals surface area contributed by atoms with Crippen molar-refractivity contribution in [3.05, 3.63) is 0 Å². The Hall–Kier alpha value is -0.0800. The molecule has 0 aromatic carbocycles. The molecule has 0 aromatic rings. The van der Waals surface area contributed by atoms with E-state index < -0.39 is 0 Å². The van der Waals surface area contributed by atoms with Gasteiger partial charge in [0.05, 0.1) is 6.10 Å². The molecule has 2 atom stereocenters. The molecular formula is C12H26O2. The maximum absolute atomic E-state index is 9.80. The first kappa shape index (κ1) is 13.9. The zero-order valence-corrected chi connectivity index (χ0v) is 9.87. The fraction of sp³-hybridized carbons (Fsp3) is 1.00. The van der Waals surface area contributed by atoms with Crippen LogP contribution in [-0.4, -0.2) is 22.9 Å². The summed E-state index contributed by atoms with van der Waals surface area (Å²) < 4.78 is 0. The third-order valence-corrected chi connectivity index (χ3v) is 3.20. The van der Waals surface area contributed by atoms with E-state index in [1.54, 1.807) is 0 Å². The van der Waals surface area contributed by atoms with Gasteiger partial charge in [0.25, 0.3) is 0 Å². The van der Waals surface area contributed by atoms with Gasteiger partial charge in [0.1, 0.15) is 0 Å². The number of hydrogen-bond acceptors (Lipinski definition) is 2. The number of rotatable bonds is 8. The molecule has 0 aliphatic carbocycles. The predicted octanol–water partition coefficient (Wildman–Crippen LogP) is 2.58. The van der Waals surface area contributed by atoms with Gasteiger partial charge in [-0.1, -0.05) is 40.0 Å². The van der Waals surface area contributed by atoms with Gasteiger partial charge < -0.3 is 10.2 Å². The molecular weight excluding hydrogens is 176 g/mol. The molecule has 2 heteroatoms. The summed E-state index contributed by atoms with van der Waals surface area (Å²) >= 11 is 0. The van der Waals surface area contributed by atoms with E-state index >= 15 is 0 Å². The minimum atomic E-state index is -0.225. The van der Waals surface area contributed by atoms with E-state index in [2.05, 4.69) is 20.8 Å². The van der Waals surface area contributed by atoms with Crippen LogP contribution in [-0.2, 0) is 0 Å². The van der Waals surface area contributed by atoms with Gasteiger partial charge in [-0.05, 0) is 24.7 Å². The van der Waals surface area contributed by atoms with Gasteiger partial charge in [-0.2, -0.15) is 0 Å². The molecule has 0 saturated carbocycles. The largest absolute Gasteiger partial charge is 0.396 e. The molecule has 0 heterocycles. The van der Waals surface area contributed by atoms with Crippen LogP contribution in [0.2, 0.25) is 0 Å². The van der Waals surface area contributed by atoms with Crippen molar-refractivity contribution < 1.29 is 10.2 Å². The van der Waals surface area contributed by atoms with Crippen molar-refractivity contribution in [1.82, 2.24) is 0 Å². The fourth-order valence-electron chi connectivity index (χ4n) is 1.86. The Morgan fingerprint density at radius 3 is 1.64 bits per heavy atom. The van der Waals surface area contributed by atoms with E-state index in [-0.39, 0.29) is 18.6 Å². The van der Waals surface area contributed by atoms with Gasteiger partial charge >= 0.3 is 0 Å². The third kappa shape index (κ3) is 5.61. The van der Waals surface area contributed by atoms with Crippen molar-refractivity contribution in [3.63, 3.8) is 0 Å². The van der Waals surface area contributed by atoms with Crippen LogP contribution >= 0.6 is 0 Å². The summed E-state index contributed by atoms with van der Waals surface area (Å²) in [5, 5.41) is 18.8. The quantitative estimate of drug-likeness (QED) is 0.635. The first-order chi connectivity index (χ1) is 6.67. The summed E-state index contributed by atoms with van der Waals surface area (Å²) in [6.45, 7) is 6.61. The van der Waals surface area contributed by atoms with E-state index in [0.29, 0.717) is 5.92 Å². The minimum absolute atomic E-state index is 0.205. The molecule has 0 spiro atoms. The normalized spacial score (nSPS) is 15.9. The van der Waals surface area contributed by atoms with Crippen molar-refractivity contribution in [1.29, 1.82) is 0 Å². The average molecular weight is 202 g/mol. The molecule has 0 radical (unpaired) electrons. The van der Waals surface area contributed by atoms with Gasteiger partial charge in [0.15, 0.2) is 0 Å². The van der Waals surface area contributed by atoms with Crippen molar-refractivity contribution >= 4 is 0 Å². The summed E-state index contributed by atoms with van der Waals surface area (Å²) in [5.74, 6) is 0.917. The predicted molar refractivity (Wildman–Crippen MR) is 60.2 cm³/mol. The van der Waals surface area contributed by atoms with Crippen LogP contribution < -0.4 is 0 Å². The standard InChI is InChI=1S/C12H26O2/c1-4-10(5-2)7-12(14)8-11(6-3)9-13/h10-14H,4-9H2,1-3H3. The highest BCUT2D eigenvalue weighted by Gasteiger charge is 2.15. The second-order valence-corrected chi connectivity index (χ2v) is 4.26.